The molecule has 5 aromatic carbocycles. The Morgan fingerprint density at radius 1 is 0.429 bits per heavy atom. The lowest BCUT2D eigenvalue weighted by atomic mass is 9.93. The third kappa shape index (κ3) is 2.23. The van der Waals surface area contributed by atoms with Gasteiger partial charge in [0, 0.05) is 10.9 Å². The van der Waals surface area contributed by atoms with Crippen LogP contribution in [0, 0.1) is 0 Å². The van der Waals surface area contributed by atoms with Crippen LogP contribution >= 0.6 is 0 Å². The summed E-state index contributed by atoms with van der Waals surface area (Å²) in [6.45, 7) is 0. The molecule has 28 heavy (non-hydrogen) atoms. The fourth-order valence-electron chi connectivity index (χ4n) is 4.29. The summed E-state index contributed by atoms with van der Waals surface area (Å²) in [5.41, 5.74) is 3.19. The first kappa shape index (κ1) is 15.4. The van der Waals surface area contributed by atoms with Crippen LogP contribution in [0.1, 0.15) is 0 Å². The molecule has 0 aliphatic carbocycles. The summed E-state index contributed by atoms with van der Waals surface area (Å²) in [5, 5.41) is 8.94. The molecular formula is C27H17N. The fraction of sp³-hybridized carbons (Fsp3) is 0. The Bertz CT molecular complexity index is 1480. The molecule has 0 N–H and O–H groups in total. The average molecular weight is 355 g/mol. The number of aromatic nitrogens is 1. The minimum Gasteiger partial charge on any atom is -0.248 e. The predicted molar refractivity (Wildman–Crippen MR) is 120 cm³/mol. The summed E-state index contributed by atoms with van der Waals surface area (Å²) in [5.74, 6) is 0. The van der Waals surface area contributed by atoms with Crippen LogP contribution in [0.3, 0.4) is 0 Å². The highest BCUT2D eigenvalue weighted by atomic mass is 14.7. The van der Waals surface area contributed by atoms with Crippen LogP contribution in [0.15, 0.2) is 103 Å². The first-order valence-corrected chi connectivity index (χ1v) is 9.58. The Kier molecular flexibility index (Phi) is 3.24. The summed E-state index contributed by atoms with van der Waals surface area (Å²) >= 11 is 0. The van der Waals surface area contributed by atoms with Gasteiger partial charge in [-0.2, -0.15) is 0 Å². The van der Waals surface area contributed by atoms with Gasteiger partial charge in [0.1, 0.15) is 0 Å². The van der Waals surface area contributed by atoms with Gasteiger partial charge in [0.25, 0.3) is 0 Å². The molecule has 0 saturated heterocycles. The molecule has 1 heteroatoms. The van der Waals surface area contributed by atoms with Crippen LogP contribution in [0.25, 0.3) is 54.5 Å². The van der Waals surface area contributed by atoms with Crippen molar-refractivity contribution in [3.63, 3.8) is 0 Å². The Hall–Kier alpha value is -3.71. The maximum atomic E-state index is 4.89. The second kappa shape index (κ2) is 5.90. The first-order valence-electron chi connectivity index (χ1n) is 9.58. The van der Waals surface area contributed by atoms with E-state index in [1.807, 2.05) is 6.07 Å². The summed E-state index contributed by atoms with van der Waals surface area (Å²) in [6, 6.07) is 36.6. The van der Waals surface area contributed by atoms with Crippen molar-refractivity contribution < 1.29 is 0 Å². The molecule has 0 saturated carbocycles. The third-order valence-corrected chi connectivity index (χ3v) is 5.64. The highest BCUT2D eigenvalue weighted by Gasteiger charge is 2.10. The van der Waals surface area contributed by atoms with Gasteiger partial charge in [-0.3, -0.25) is 0 Å². The molecule has 0 radical (unpaired) electrons. The highest BCUT2D eigenvalue weighted by Crippen LogP contribution is 2.36. The minimum atomic E-state index is 1.01. The average Bonchev–Trinajstić information content (AvgIpc) is 2.78. The van der Waals surface area contributed by atoms with E-state index in [1.54, 1.807) is 0 Å². The molecule has 6 rings (SSSR count). The molecule has 1 nitrogen and oxygen atoms in total. The lowest BCUT2D eigenvalue weighted by Gasteiger charge is -2.12. The van der Waals surface area contributed by atoms with E-state index in [4.69, 9.17) is 4.98 Å². The smallest absolute Gasteiger partial charge is 0.0709 e. The number of fused-ring (bicyclic) bond motifs is 7. The Morgan fingerprint density at radius 2 is 1.00 bits per heavy atom. The number of nitrogens with zero attached hydrogens (tertiary/aromatic N) is 1. The topological polar surface area (TPSA) is 12.9 Å². The van der Waals surface area contributed by atoms with Crippen LogP contribution in [-0.4, -0.2) is 4.98 Å². The Labute approximate surface area is 162 Å². The number of hydrogen-bond donors (Lipinski definition) is 0. The van der Waals surface area contributed by atoms with E-state index in [9.17, 15) is 0 Å². The number of hydrogen-bond acceptors (Lipinski definition) is 1. The molecule has 0 amide bonds. The van der Waals surface area contributed by atoms with Crippen LogP contribution in [-0.2, 0) is 0 Å². The van der Waals surface area contributed by atoms with E-state index in [-0.39, 0.29) is 0 Å². The van der Waals surface area contributed by atoms with E-state index >= 15 is 0 Å². The second-order valence-electron chi connectivity index (χ2n) is 7.24. The van der Waals surface area contributed by atoms with Crippen molar-refractivity contribution in [1.29, 1.82) is 0 Å². The van der Waals surface area contributed by atoms with E-state index in [0.29, 0.717) is 0 Å². The Balaban J connectivity index is 1.70. The molecule has 0 unspecified atom stereocenters. The third-order valence-electron chi connectivity index (χ3n) is 5.64. The zero-order valence-corrected chi connectivity index (χ0v) is 15.3. The van der Waals surface area contributed by atoms with Gasteiger partial charge < -0.3 is 0 Å². The van der Waals surface area contributed by atoms with Gasteiger partial charge in [-0.1, -0.05) is 84.9 Å². The fourth-order valence-corrected chi connectivity index (χ4v) is 4.29. The van der Waals surface area contributed by atoms with Gasteiger partial charge in [0.2, 0.25) is 0 Å². The number of benzene rings is 5. The number of rotatable bonds is 1. The largest absolute Gasteiger partial charge is 0.248 e. The van der Waals surface area contributed by atoms with Gasteiger partial charge >= 0.3 is 0 Å². The summed E-state index contributed by atoms with van der Waals surface area (Å²) in [7, 11) is 0. The number of pyridine rings is 1. The van der Waals surface area contributed by atoms with Crippen LogP contribution in [0.5, 0.6) is 0 Å². The molecule has 130 valence electrons. The summed E-state index contributed by atoms with van der Waals surface area (Å²) in [6.07, 6.45) is 0. The SMILES string of the molecule is c1ccc2nc(-c3ccc4c5ccccc5c5ccccc5c4c3)ccc2c1. The van der Waals surface area contributed by atoms with Crippen molar-refractivity contribution in [3.8, 4) is 11.3 Å². The van der Waals surface area contributed by atoms with Gasteiger partial charge in [-0.25, -0.2) is 4.98 Å². The van der Waals surface area contributed by atoms with E-state index in [1.165, 1.54) is 37.7 Å². The van der Waals surface area contributed by atoms with Crippen molar-refractivity contribution in [2.24, 2.45) is 0 Å². The van der Waals surface area contributed by atoms with E-state index in [0.717, 1.165) is 16.8 Å². The lowest BCUT2D eigenvalue weighted by Crippen LogP contribution is -1.87. The first-order chi connectivity index (χ1) is 13.9. The second-order valence-corrected chi connectivity index (χ2v) is 7.24. The Morgan fingerprint density at radius 3 is 1.71 bits per heavy atom. The summed E-state index contributed by atoms with van der Waals surface area (Å²) in [4.78, 5) is 4.89. The van der Waals surface area contributed by atoms with Crippen molar-refractivity contribution in [1.82, 2.24) is 4.98 Å². The zero-order chi connectivity index (χ0) is 18.5. The highest BCUT2D eigenvalue weighted by molar-refractivity contribution is 6.25. The standard InChI is InChI=1S/C27H17N/c1-6-12-26-18(7-1)14-16-27(28-26)19-13-15-24-22-10-3-2-8-20(22)21-9-4-5-11-23(21)25(24)17-19/h1-17H. The molecule has 6 aromatic rings. The van der Waals surface area contributed by atoms with E-state index < -0.39 is 0 Å². The quantitative estimate of drug-likeness (QED) is 0.281. The maximum absolute atomic E-state index is 4.89. The molecule has 0 fully saturated rings. The predicted octanol–water partition coefficient (Wildman–Crippen LogP) is 7.36. The van der Waals surface area contributed by atoms with Gasteiger partial charge in [-0.05, 0) is 50.5 Å². The molecule has 0 spiro atoms. The monoisotopic (exact) mass is 355 g/mol. The maximum Gasteiger partial charge on any atom is 0.0709 e. The van der Waals surface area contributed by atoms with Gasteiger partial charge in [-0.15, -0.1) is 0 Å². The molecule has 0 bridgehead atoms. The lowest BCUT2D eigenvalue weighted by molar-refractivity contribution is 1.40. The van der Waals surface area contributed by atoms with Crippen LogP contribution in [0.2, 0.25) is 0 Å². The molecule has 0 aliphatic heterocycles. The van der Waals surface area contributed by atoms with Crippen LogP contribution in [0.4, 0.5) is 0 Å². The molecule has 0 atom stereocenters. The molecular weight excluding hydrogens is 338 g/mol. The van der Waals surface area contributed by atoms with E-state index in [2.05, 4.69) is 97.1 Å². The number of para-hydroxylation sites is 1. The zero-order valence-electron chi connectivity index (χ0n) is 15.3. The molecule has 1 heterocycles. The van der Waals surface area contributed by atoms with Gasteiger partial charge in [0.15, 0.2) is 0 Å². The van der Waals surface area contributed by atoms with Crippen molar-refractivity contribution in [2.45, 2.75) is 0 Å². The molecule has 1 aromatic heterocycles. The molecule has 0 aliphatic rings. The van der Waals surface area contributed by atoms with Crippen LogP contribution < -0.4 is 0 Å². The summed E-state index contributed by atoms with van der Waals surface area (Å²) < 4.78 is 0. The normalized spacial score (nSPS) is 11.6. The van der Waals surface area contributed by atoms with Crippen molar-refractivity contribution >= 4 is 43.2 Å². The van der Waals surface area contributed by atoms with Gasteiger partial charge in [0.05, 0.1) is 11.2 Å². The van der Waals surface area contributed by atoms with Crippen molar-refractivity contribution in [2.75, 3.05) is 0 Å². The van der Waals surface area contributed by atoms with Crippen molar-refractivity contribution in [3.05, 3.63) is 103 Å². The minimum absolute atomic E-state index is 1.01.